The van der Waals surface area contributed by atoms with E-state index in [1.165, 1.54) is 250 Å². The van der Waals surface area contributed by atoms with Crippen LogP contribution in [0.1, 0.15) is 322 Å². The van der Waals surface area contributed by atoms with E-state index in [1.807, 2.05) is 0 Å². The van der Waals surface area contributed by atoms with Crippen LogP contribution in [0.5, 0.6) is 0 Å². The van der Waals surface area contributed by atoms with Crippen molar-refractivity contribution in [1.29, 1.82) is 0 Å². The summed E-state index contributed by atoms with van der Waals surface area (Å²) in [5.41, 5.74) is 0. The molecule has 0 aliphatic rings. The van der Waals surface area contributed by atoms with Gasteiger partial charge in [-0.3, -0.25) is 9.59 Å². The summed E-state index contributed by atoms with van der Waals surface area (Å²) in [6.07, 6.45) is 59.4. The lowest BCUT2D eigenvalue weighted by Gasteiger charge is -2.22. The first-order valence-corrected chi connectivity index (χ1v) is 28.3. The quantitative estimate of drug-likeness (QED) is 0.0418. The molecule has 0 heterocycles. The van der Waals surface area contributed by atoms with Crippen molar-refractivity contribution in [2.24, 2.45) is 0 Å². The summed E-state index contributed by atoms with van der Waals surface area (Å²) in [4.78, 5) is 24.5. The number of aliphatic hydroxyl groups excluding tert-OH is 2. The molecule has 0 saturated heterocycles. The molecule has 0 rings (SSSR count). The van der Waals surface area contributed by atoms with Crippen molar-refractivity contribution in [3.63, 3.8) is 0 Å². The Morgan fingerprint density at radius 3 is 0.984 bits per heavy atom. The summed E-state index contributed by atoms with van der Waals surface area (Å²) in [7, 11) is 0. The van der Waals surface area contributed by atoms with Gasteiger partial charge in [0.15, 0.2) is 0 Å². The minimum absolute atomic E-state index is 0.00690. The number of ether oxygens (including phenoxy) is 1. The van der Waals surface area contributed by atoms with Gasteiger partial charge in [-0.2, -0.15) is 0 Å². The molecule has 370 valence electrons. The number of aliphatic hydroxyl groups is 2. The summed E-state index contributed by atoms with van der Waals surface area (Å²) in [6.45, 7) is 4.96. The van der Waals surface area contributed by atoms with E-state index >= 15 is 0 Å². The zero-order chi connectivity index (χ0) is 45.1. The first kappa shape index (κ1) is 60.9. The van der Waals surface area contributed by atoms with Crippen LogP contribution in [0.3, 0.4) is 0 Å². The average Bonchev–Trinajstić information content (AvgIpc) is 3.27. The van der Waals surface area contributed by atoms with E-state index in [2.05, 4.69) is 19.2 Å². The topological polar surface area (TPSA) is 95.9 Å². The minimum atomic E-state index is -0.667. The van der Waals surface area contributed by atoms with Crippen molar-refractivity contribution in [1.82, 2.24) is 5.32 Å². The van der Waals surface area contributed by atoms with E-state index in [4.69, 9.17) is 4.74 Å². The highest BCUT2D eigenvalue weighted by atomic mass is 16.5. The number of esters is 1. The molecule has 2 unspecified atom stereocenters. The van der Waals surface area contributed by atoms with Gasteiger partial charge < -0.3 is 20.3 Å². The van der Waals surface area contributed by atoms with E-state index in [-0.39, 0.29) is 18.5 Å². The Morgan fingerprint density at radius 1 is 0.387 bits per heavy atom. The largest absolute Gasteiger partial charge is 0.466 e. The molecular formula is C56H111NO5. The van der Waals surface area contributed by atoms with Crippen molar-refractivity contribution < 1.29 is 24.5 Å². The Morgan fingerprint density at radius 2 is 0.661 bits per heavy atom. The van der Waals surface area contributed by atoms with Crippen molar-refractivity contribution in [2.45, 2.75) is 334 Å². The number of nitrogens with one attached hydrogen (secondary N) is 1. The number of rotatable bonds is 53. The van der Waals surface area contributed by atoms with E-state index in [0.29, 0.717) is 25.9 Å². The Balaban J connectivity index is 3.39. The lowest BCUT2D eigenvalue weighted by molar-refractivity contribution is -0.143. The normalized spacial score (nSPS) is 12.5. The average molecular weight is 879 g/mol. The third-order valence-corrected chi connectivity index (χ3v) is 13.4. The highest BCUT2D eigenvalue weighted by molar-refractivity contribution is 5.76. The van der Waals surface area contributed by atoms with Crippen LogP contribution in [0.4, 0.5) is 0 Å². The van der Waals surface area contributed by atoms with Crippen LogP contribution in [0, 0.1) is 0 Å². The van der Waals surface area contributed by atoms with Crippen LogP contribution in [0.15, 0.2) is 0 Å². The molecule has 0 spiro atoms. The van der Waals surface area contributed by atoms with Gasteiger partial charge in [0.05, 0.1) is 25.4 Å². The maximum absolute atomic E-state index is 12.5. The molecule has 2 atom stereocenters. The smallest absolute Gasteiger partial charge is 0.305 e. The van der Waals surface area contributed by atoms with Gasteiger partial charge in [-0.1, -0.05) is 284 Å². The Hall–Kier alpha value is -1.14. The second-order valence-corrected chi connectivity index (χ2v) is 19.6. The van der Waals surface area contributed by atoms with E-state index in [9.17, 15) is 19.8 Å². The molecular weight excluding hydrogens is 767 g/mol. The van der Waals surface area contributed by atoms with E-state index in [0.717, 1.165) is 38.5 Å². The summed E-state index contributed by atoms with van der Waals surface area (Å²) in [5.74, 6) is -0.0326. The summed E-state index contributed by atoms with van der Waals surface area (Å²) in [6, 6.07) is -0.544. The number of carbonyl (C=O) groups is 2. The molecule has 0 aliphatic carbocycles. The zero-order valence-corrected chi connectivity index (χ0v) is 42.1. The monoisotopic (exact) mass is 878 g/mol. The van der Waals surface area contributed by atoms with Crippen LogP contribution in [-0.2, 0) is 14.3 Å². The lowest BCUT2D eigenvalue weighted by atomic mass is 10.0. The molecule has 0 aromatic rings. The van der Waals surface area contributed by atoms with Crippen LogP contribution >= 0.6 is 0 Å². The van der Waals surface area contributed by atoms with Crippen LogP contribution in [0.25, 0.3) is 0 Å². The lowest BCUT2D eigenvalue weighted by Crippen LogP contribution is -2.45. The fourth-order valence-electron chi connectivity index (χ4n) is 9.05. The standard InChI is InChI=1S/C56H111NO5/c1-3-5-7-9-11-13-15-17-21-26-30-34-38-42-46-50-56(61)62-51-47-43-39-35-31-27-23-20-19-22-25-29-33-37-41-45-49-55(60)57-53(52-58)54(59)48-44-40-36-32-28-24-18-16-14-12-10-8-6-4-2/h53-54,58-59H,3-52H2,1-2H3,(H,57,60). The molecule has 6 heteroatoms. The summed E-state index contributed by atoms with van der Waals surface area (Å²) >= 11 is 0. The molecule has 62 heavy (non-hydrogen) atoms. The van der Waals surface area contributed by atoms with Gasteiger partial charge in [0.1, 0.15) is 0 Å². The molecule has 1 amide bonds. The molecule has 6 nitrogen and oxygen atoms in total. The zero-order valence-electron chi connectivity index (χ0n) is 42.1. The Labute approximate surface area is 387 Å². The molecule has 0 aromatic carbocycles. The molecule has 3 N–H and O–H groups in total. The number of hydrogen-bond donors (Lipinski definition) is 3. The van der Waals surface area contributed by atoms with Gasteiger partial charge in [-0.05, 0) is 25.7 Å². The SMILES string of the molecule is CCCCCCCCCCCCCCCCCC(=O)OCCCCCCCCCCCCCCCCCCC(=O)NC(CO)C(O)CCCCCCCCCCCCCCCC. The highest BCUT2D eigenvalue weighted by Crippen LogP contribution is 2.18. The number of unbranched alkanes of at least 4 members (excludes halogenated alkanes) is 42. The van der Waals surface area contributed by atoms with Crippen molar-refractivity contribution in [2.75, 3.05) is 13.2 Å². The molecule has 0 saturated carbocycles. The summed E-state index contributed by atoms with van der Waals surface area (Å²) < 4.78 is 5.48. The van der Waals surface area contributed by atoms with Crippen molar-refractivity contribution in [3.8, 4) is 0 Å². The third-order valence-electron chi connectivity index (χ3n) is 13.4. The fourth-order valence-corrected chi connectivity index (χ4v) is 9.05. The molecule has 0 bridgehead atoms. The Kier molecular flexibility index (Phi) is 51.5. The van der Waals surface area contributed by atoms with Gasteiger partial charge in [0.25, 0.3) is 0 Å². The molecule has 0 aliphatic heterocycles. The van der Waals surface area contributed by atoms with Crippen LogP contribution in [-0.4, -0.2) is 47.4 Å². The van der Waals surface area contributed by atoms with Crippen molar-refractivity contribution >= 4 is 11.9 Å². The van der Waals surface area contributed by atoms with Gasteiger partial charge in [0.2, 0.25) is 5.91 Å². The van der Waals surface area contributed by atoms with Gasteiger partial charge in [-0.15, -0.1) is 0 Å². The Bertz CT molecular complexity index is 882. The first-order valence-electron chi connectivity index (χ1n) is 28.3. The maximum atomic E-state index is 12.5. The predicted molar refractivity (Wildman–Crippen MR) is 269 cm³/mol. The predicted octanol–water partition coefficient (Wildman–Crippen LogP) is 17.1. The molecule has 0 aromatic heterocycles. The van der Waals surface area contributed by atoms with Gasteiger partial charge in [0, 0.05) is 12.8 Å². The fraction of sp³-hybridized carbons (Fsp3) is 0.964. The third kappa shape index (κ3) is 48.3. The van der Waals surface area contributed by atoms with Gasteiger partial charge in [-0.25, -0.2) is 0 Å². The van der Waals surface area contributed by atoms with E-state index in [1.54, 1.807) is 0 Å². The molecule has 0 fully saturated rings. The number of amides is 1. The molecule has 0 radical (unpaired) electrons. The second kappa shape index (κ2) is 52.5. The second-order valence-electron chi connectivity index (χ2n) is 19.6. The van der Waals surface area contributed by atoms with Gasteiger partial charge >= 0.3 is 5.97 Å². The van der Waals surface area contributed by atoms with Crippen LogP contribution < -0.4 is 5.32 Å². The maximum Gasteiger partial charge on any atom is 0.305 e. The summed E-state index contributed by atoms with van der Waals surface area (Å²) in [5, 5.41) is 23.2. The minimum Gasteiger partial charge on any atom is -0.466 e. The van der Waals surface area contributed by atoms with Crippen LogP contribution in [0.2, 0.25) is 0 Å². The first-order chi connectivity index (χ1) is 30.5. The number of carbonyl (C=O) groups excluding carboxylic acids is 2. The highest BCUT2D eigenvalue weighted by Gasteiger charge is 2.20. The van der Waals surface area contributed by atoms with E-state index < -0.39 is 12.1 Å². The van der Waals surface area contributed by atoms with Crippen molar-refractivity contribution in [3.05, 3.63) is 0 Å². The number of hydrogen-bond acceptors (Lipinski definition) is 5.